The summed E-state index contributed by atoms with van der Waals surface area (Å²) < 4.78 is 34.8. The second kappa shape index (κ2) is 21.6. The molecular weight excluding hydrogens is 817 g/mol. The van der Waals surface area contributed by atoms with Gasteiger partial charge in [-0.05, 0) is 73.2 Å². The molecule has 0 radical (unpaired) electrons. The van der Waals surface area contributed by atoms with Crippen LogP contribution in [0.5, 0.6) is 28.7 Å². The number of unbranched alkanes of at least 4 members (excludes halogenated alkanes) is 2. The Morgan fingerprint density at radius 2 is 1.56 bits per heavy atom. The molecule has 18 nitrogen and oxygen atoms in total. The summed E-state index contributed by atoms with van der Waals surface area (Å²) in [6.45, 7) is 1.36. The SMILES string of the molecule is COc1ccc(/C=C\c2cc(OC)c(OC)c(OC)c2)cc1OC(=O)CCCOCCc1cn(CCCCCC(=O)Nc2cccc3c2C(=O)N(C2CCC(=O)NC2=O)C3=O)nn1. The van der Waals surface area contributed by atoms with E-state index in [1.165, 1.54) is 13.2 Å². The largest absolute Gasteiger partial charge is 0.493 e. The first-order valence-electron chi connectivity index (χ1n) is 20.5. The van der Waals surface area contributed by atoms with Gasteiger partial charge >= 0.3 is 5.97 Å². The summed E-state index contributed by atoms with van der Waals surface area (Å²) in [5, 5.41) is 13.3. The van der Waals surface area contributed by atoms with Crippen LogP contribution in [0.3, 0.4) is 0 Å². The van der Waals surface area contributed by atoms with Gasteiger partial charge in [0.1, 0.15) is 6.04 Å². The summed E-state index contributed by atoms with van der Waals surface area (Å²) in [5.41, 5.74) is 2.70. The zero-order valence-corrected chi connectivity index (χ0v) is 35.6. The molecule has 332 valence electrons. The molecule has 1 saturated heterocycles. The molecule has 1 aromatic heterocycles. The molecule has 5 amide bonds. The van der Waals surface area contributed by atoms with Crippen molar-refractivity contribution in [3.63, 3.8) is 0 Å². The van der Waals surface area contributed by atoms with Crippen molar-refractivity contribution in [2.45, 2.75) is 70.4 Å². The number of carbonyl (C=O) groups is 6. The standard InChI is InChI=1S/C45H50N6O12/c1-58-34-18-16-28(14-15-29-25-36(59-2)42(61-4)37(26-29)60-3)24-35(34)63-40(54)13-9-22-62-23-20-30-27-50(49-48-30)21-7-5-6-12-38(52)46-32-11-8-10-31-41(32)45(57)51(44(31)56)33-17-19-39(53)47-43(33)55/h8,10-11,14-16,18,24-27,33H,5-7,9,12-13,17,19-23H2,1-4H3,(H,46,52)(H,47,53,55)/b15-14-. The Morgan fingerprint density at radius 1 is 0.810 bits per heavy atom. The van der Waals surface area contributed by atoms with Crippen molar-refractivity contribution >= 4 is 53.3 Å². The first-order chi connectivity index (χ1) is 30.5. The quantitative estimate of drug-likeness (QED) is 0.0349. The van der Waals surface area contributed by atoms with Crippen LogP contribution in [-0.4, -0.2) is 103 Å². The number of nitrogens with zero attached hydrogens (tertiary/aromatic N) is 4. The number of hydrogen-bond donors (Lipinski definition) is 2. The number of ether oxygens (including phenoxy) is 6. The fraction of sp³-hybridized carbons (Fsp3) is 0.378. The van der Waals surface area contributed by atoms with E-state index in [1.54, 1.807) is 50.3 Å². The number of methoxy groups -OCH3 is 4. The summed E-state index contributed by atoms with van der Waals surface area (Å²) in [6.07, 6.45) is 9.05. The minimum Gasteiger partial charge on any atom is -0.493 e. The van der Waals surface area contributed by atoms with E-state index in [1.807, 2.05) is 36.5 Å². The van der Waals surface area contributed by atoms with Crippen molar-refractivity contribution in [3.8, 4) is 28.7 Å². The van der Waals surface area contributed by atoms with Crippen LogP contribution in [0.15, 0.2) is 54.7 Å². The first-order valence-corrected chi connectivity index (χ1v) is 20.5. The molecule has 63 heavy (non-hydrogen) atoms. The molecule has 0 saturated carbocycles. The number of carbonyl (C=O) groups excluding carboxylic acids is 6. The number of aromatic nitrogens is 3. The van der Waals surface area contributed by atoms with Crippen LogP contribution < -0.4 is 34.3 Å². The Bertz CT molecular complexity index is 2350. The fourth-order valence-electron chi connectivity index (χ4n) is 7.17. The number of imide groups is 2. The smallest absolute Gasteiger partial charge is 0.311 e. The van der Waals surface area contributed by atoms with Gasteiger partial charge in [-0.15, -0.1) is 5.10 Å². The molecule has 1 unspecified atom stereocenters. The van der Waals surface area contributed by atoms with E-state index >= 15 is 0 Å². The topological polar surface area (TPSA) is 216 Å². The highest BCUT2D eigenvalue weighted by atomic mass is 16.6. The highest BCUT2D eigenvalue weighted by Gasteiger charge is 2.45. The number of esters is 1. The number of fused-ring (bicyclic) bond motifs is 1. The van der Waals surface area contributed by atoms with E-state index < -0.39 is 35.6 Å². The van der Waals surface area contributed by atoms with Crippen molar-refractivity contribution in [2.75, 3.05) is 47.0 Å². The predicted molar refractivity (Wildman–Crippen MR) is 228 cm³/mol. The van der Waals surface area contributed by atoms with Gasteiger partial charge in [0.25, 0.3) is 11.8 Å². The van der Waals surface area contributed by atoms with Crippen molar-refractivity contribution in [3.05, 3.63) is 82.7 Å². The van der Waals surface area contributed by atoms with Gasteiger partial charge in [0.15, 0.2) is 23.0 Å². The van der Waals surface area contributed by atoms with Gasteiger partial charge in [0, 0.05) is 45.0 Å². The lowest BCUT2D eigenvalue weighted by atomic mass is 10.0. The number of hydrogen-bond acceptors (Lipinski definition) is 14. The lowest BCUT2D eigenvalue weighted by molar-refractivity contribution is -0.136. The van der Waals surface area contributed by atoms with Gasteiger partial charge in [-0.25, -0.2) is 0 Å². The molecule has 18 heteroatoms. The Labute approximate surface area is 363 Å². The molecule has 0 spiro atoms. The van der Waals surface area contributed by atoms with Crippen LogP contribution in [0.4, 0.5) is 5.69 Å². The molecule has 1 atom stereocenters. The van der Waals surface area contributed by atoms with Crippen LogP contribution in [0.1, 0.15) is 88.9 Å². The van der Waals surface area contributed by atoms with Gasteiger partial charge in [-0.2, -0.15) is 0 Å². The molecule has 0 bridgehead atoms. The lowest BCUT2D eigenvalue weighted by Crippen LogP contribution is -2.54. The molecule has 1 fully saturated rings. The number of nitrogens with one attached hydrogen (secondary N) is 2. The second-order valence-corrected chi connectivity index (χ2v) is 14.6. The molecule has 2 aliphatic heterocycles. The minimum absolute atomic E-state index is 0.0150. The van der Waals surface area contributed by atoms with Crippen molar-refractivity contribution in [1.29, 1.82) is 0 Å². The summed E-state index contributed by atoms with van der Waals surface area (Å²) >= 11 is 0. The number of piperidine rings is 1. The number of amides is 5. The van der Waals surface area contributed by atoms with Crippen LogP contribution in [0.2, 0.25) is 0 Å². The van der Waals surface area contributed by atoms with Gasteiger partial charge in [-0.3, -0.25) is 43.7 Å². The Hall–Kier alpha value is -7.08. The van der Waals surface area contributed by atoms with E-state index in [9.17, 15) is 28.8 Å². The summed E-state index contributed by atoms with van der Waals surface area (Å²) in [6, 6.07) is 12.4. The van der Waals surface area contributed by atoms with Crippen LogP contribution in [0, 0.1) is 0 Å². The van der Waals surface area contributed by atoms with Crippen LogP contribution in [0.25, 0.3) is 12.2 Å². The number of benzene rings is 3. The van der Waals surface area contributed by atoms with E-state index in [0.29, 0.717) is 67.8 Å². The normalized spacial score (nSPS) is 14.7. The summed E-state index contributed by atoms with van der Waals surface area (Å²) in [7, 11) is 6.16. The monoisotopic (exact) mass is 866 g/mol. The Balaban J connectivity index is 0.859. The Kier molecular flexibility index (Phi) is 15.6. The third kappa shape index (κ3) is 11.4. The van der Waals surface area contributed by atoms with Crippen LogP contribution in [-0.2, 0) is 36.9 Å². The van der Waals surface area contributed by atoms with E-state index in [4.69, 9.17) is 28.4 Å². The summed E-state index contributed by atoms with van der Waals surface area (Å²) in [4.78, 5) is 76.7. The third-order valence-electron chi connectivity index (χ3n) is 10.4. The van der Waals surface area contributed by atoms with Crippen molar-refractivity contribution < 1.29 is 57.2 Å². The maximum absolute atomic E-state index is 13.3. The Morgan fingerprint density at radius 3 is 2.29 bits per heavy atom. The maximum Gasteiger partial charge on any atom is 0.311 e. The predicted octanol–water partition coefficient (Wildman–Crippen LogP) is 5.03. The fourth-order valence-corrected chi connectivity index (χ4v) is 7.17. The lowest BCUT2D eigenvalue weighted by Gasteiger charge is -2.27. The highest BCUT2D eigenvalue weighted by molar-refractivity contribution is 6.26. The first kappa shape index (κ1) is 45.4. The molecule has 0 aliphatic carbocycles. The van der Waals surface area contributed by atoms with E-state index in [2.05, 4.69) is 20.9 Å². The van der Waals surface area contributed by atoms with Crippen LogP contribution >= 0.6 is 0 Å². The van der Waals surface area contributed by atoms with Gasteiger partial charge < -0.3 is 33.7 Å². The molecular formula is C45H50N6O12. The molecule has 3 aromatic carbocycles. The second-order valence-electron chi connectivity index (χ2n) is 14.6. The molecule has 2 aliphatic rings. The number of anilines is 1. The third-order valence-corrected chi connectivity index (χ3v) is 10.4. The average molecular weight is 867 g/mol. The molecule has 2 N–H and O–H groups in total. The minimum atomic E-state index is -1.09. The van der Waals surface area contributed by atoms with Gasteiger partial charge in [0.2, 0.25) is 23.5 Å². The maximum atomic E-state index is 13.3. The molecule has 4 aromatic rings. The van der Waals surface area contributed by atoms with E-state index in [-0.39, 0.29) is 48.4 Å². The number of rotatable bonds is 22. The number of aryl methyl sites for hydroxylation is 1. The zero-order chi connectivity index (χ0) is 44.9. The molecule has 3 heterocycles. The van der Waals surface area contributed by atoms with Crippen molar-refractivity contribution in [1.82, 2.24) is 25.2 Å². The highest BCUT2D eigenvalue weighted by Crippen LogP contribution is 2.39. The van der Waals surface area contributed by atoms with E-state index in [0.717, 1.165) is 34.6 Å². The zero-order valence-electron chi connectivity index (χ0n) is 35.6. The van der Waals surface area contributed by atoms with Gasteiger partial charge in [0.05, 0.1) is 57.6 Å². The van der Waals surface area contributed by atoms with Gasteiger partial charge in [-0.1, -0.05) is 35.9 Å². The molecule has 6 rings (SSSR count). The van der Waals surface area contributed by atoms with Crippen molar-refractivity contribution in [2.24, 2.45) is 0 Å². The summed E-state index contributed by atoms with van der Waals surface area (Å²) in [5.74, 6) is -0.918. The average Bonchev–Trinajstić information content (AvgIpc) is 3.84.